The minimum Gasteiger partial charge on any atom is -0.373 e. The van der Waals surface area contributed by atoms with E-state index in [1.54, 1.807) is 0 Å². The average molecular weight is 763 g/mol. The summed E-state index contributed by atoms with van der Waals surface area (Å²) in [6, 6.07) is 21.4. The molecule has 273 valence electrons. The van der Waals surface area contributed by atoms with E-state index in [0.717, 1.165) is 78.9 Å². The van der Waals surface area contributed by atoms with Crippen molar-refractivity contribution in [3.63, 3.8) is 0 Å². The van der Waals surface area contributed by atoms with Gasteiger partial charge in [-0.2, -0.15) is 0 Å². The van der Waals surface area contributed by atoms with Gasteiger partial charge in [-0.05, 0) is 59.4 Å². The molecule has 1 aliphatic carbocycles. The Kier molecular flexibility index (Phi) is 28.2. The number of nitrogens with one attached hydrogen (secondary N) is 2. The zero-order valence-corrected chi connectivity index (χ0v) is 34.6. The Morgan fingerprint density at radius 1 is 0.340 bits per heavy atom. The van der Waals surface area contributed by atoms with Gasteiger partial charge in [0.15, 0.2) is 0 Å². The molecule has 3 aliphatic heterocycles. The van der Waals surface area contributed by atoms with Crippen LogP contribution in [0, 0.1) is 0 Å². The summed E-state index contributed by atoms with van der Waals surface area (Å²) in [6.45, 7) is 14.1. The third-order valence-electron chi connectivity index (χ3n) is 8.66. The van der Waals surface area contributed by atoms with Crippen LogP contribution in [0.5, 0.6) is 0 Å². The van der Waals surface area contributed by atoms with Crippen LogP contribution in [0.25, 0.3) is 21.5 Å². The number of ether oxygens (including phenoxy) is 6. The van der Waals surface area contributed by atoms with Gasteiger partial charge in [-0.3, -0.25) is 0 Å². The Morgan fingerprint density at radius 2 is 0.560 bits per heavy atom. The maximum absolute atomic E-state index is 5.73. The summed E-state index contributed by atoms with van der Waals surface area (Å²) in [5.41, 5.74) is 0. The van der Waals surface area contributed by atoms with Crippen LogP contribution in [0.2, 0.25) is 0 Å². The minimum absolute atomic E-state index is 0. The molecule has 7 rings (SSSR count). The molecule has 3 aromatic carbocycles. The van der Waals surface area contributed by atoms with Gasteiger partial charge in [0, 0.05) is 16.8 Å². The van der Waals surface area contributed by atoms with E-state index < -0.39 is 0 Å². The Balaban J connectivity index is 0.000000299. The second kappa shape index (κ2) is 30.9. The molecule has 8 nitrogen and oxygen atoms in total. The fraction of sp³-hybridized carbons (Fsp3) is 0.550. The maximum atomic E-state index is 5.73. The van der Waals surface area contributed by atoms with Gasteiger partial charge in [0.1, 0.15) is 39.3 Å². The SMILES string of the molecule is C1=C\CC/C=C\CC/1.C1COCC[NH+]2CCOCCOCC[NH+](CCO1)CCOCCOCC2.[Co].[K+].c1ccc2cc3ccccc3cc2c1. The van der Waals surface area contributed by atoms with Crippen LogP contribution in [0.1, 0.15) is 25.7 Å². The fourth-order valence-corrected chi connectivity index (χ4v) is 5.75. The zero-order chi connectivity index (χ0) is 33.2. The van der Waals surface area contributed by atoms with Gasteiger partial charge < -0.3 is 38.2 Å². The molecule has 0 atom stereocenters. The van der Waals surface area contributed by atoms with E-state index in [-0.39, 0.29) is 68.2 Å². The van der Waals surface area contributed by atoms with Crippen LogP contribution in [0.4, 0.5) is 0 Å². The van der Waals surface area contributed by atoms with Gasteiger partial charge in [-0.15, -0.1) is 0 Å². The van der Waals surface area contributed by atoms with Gasteiger partial charge in [0.2, 0.25) is 0 Å². The molecule has 10 heteroatoms. The number of quaternary nitrogens is 2. The van der Waals surface area contributed by atoms with Crippen LogP contribution in [-0.4, -0.2) is 119 Å². The van der Waals surface area contributed by atoms with Crippen molar-refractivity contribution in [1.29, 1.82) is 0 Å². The number of benzene rings is 3. The van der Waals surface area contributed by atoms with Crippen molar-refractivity contribution < 1.29 is 106 Å². The van der Waals surface area contributed by atoms with E-state index >= 15 is 0 Å². The van der Waals surface area contributed by atoms with Gasteiger partial charge in [-0.1, -0.05) is 72.8 Å². The molecule has 0 amide bonds. The minimum atomic E-state index is 0. The molecule has 3 aromatic rings. The molecule has 2 bridgehead atoms. The topological polar surface area (TPSA) is 64.3 Å². The summed E-state index contributed by atoms with van der Waals surface area (Å²) in [5.74, 6) is 0. The molecule has 3 fully saturated rings. The van der Waals surface area contributed by atoms with Crippen molar-refractivity contribution in [2.75, 3.05) is 119 Å². The number of allylic oxidation sites excluding steroid dienone is 4. The molecular weight excluding hydrogens is 702 g/mol. The summed E-state index contributed by atoms with van der Waals surface area (Å²) in [5, 5.41) is 5.25. The van der Waals surface area contributed by atoms with E-state index in [1.165, 1.54) is 57.0 Å². The van der Waals surface area contributed by atoms with Crippen LogP contribution < -0.4 is 61.2 Å². The molecule has 3 saturated heterocycles. The molecule has 2 N–H and O–H groups in total. The first-order chi connectivity index (χ1) is 23.9. The van der Waals surface area contributed by atoms with Crippen molar-refractivity contribution in [1.82, 2.24) is 0 Å². The second-order valence-electron chi connectivity index (χ2n) is 12.3. The number of hydrogen-bond acceptors (Lipinski definition) is 6. The Labute approximate surface area is 353 Å². The fourth-order valence-electron chi connectivity index (χ4n) is 5.75. The average Bonchev–Trinajstić information content (AvgIpc) is 3.09. The first kappa shape index (κ1) is 45.6. The summed E-state index contributed by atoms with van der Waals surface area (Å²) in [7, 11) is 0. The molecule has 50 heavy (non-hydrogen) atoms. The van der Waals surface area contributed by atoms with Crippen LogP contribution in [0.15, 0.2) is 85.0 Å². The zero-order valence-electron chi connectivity index (χ0n) is 30.4. The van der Waals surface area contributed by atoms with Crippen molar-refractivity contribution >= 4 is 21.5 Å². The number of fused-ring (bicyclic) bond motifs is 23. The van der Waals surface area contributed by atoms with Crippen molar-refractivity contribution in [3.05, 3.63) is 85.0 Å². The quantitative estimate of drug-likeness (QED) is 0.199. The van der Waals surface area contributed by atoms with Gasteiger partial charge in [0.25, 0.3) is 0 Å². The van der Waals surface area contributed by atoms with Crippen LogP contribution in [-0.2, 0) is 45.2 Å². The molecule has 4 aliphatic rings. The number of rotatable bonds is 0. The molecule has 0 spiro atoms. The Bertz CT molecular complexity index is 1110. The summed E-state index contributed by atoms with van der Waals surface area (Å²) < 4.78 is 34.4. The van der Waals surface area contributed by atoms with Crippen molar-refractivity contribution in [2.24, 2.45) is 0 Å². The smallest absolute Gasteiger partial charge is 0.373 e. The molecule has 0 unspecified atom stereocenters. The molecular formula is C40H60CoKN2O6+3. The van der Waals surface area contributed by atoms with Crippen LogP contribution in [0.3, 0.4) is 0 Å². The molecule has 3 heterocycles. The van der Waals surface area contributed by atoms with Crippen molar-refractivity contribution in [2.45, 2.75) is 25.7 Å². The van der Waals surface area contributed by atoms with E-state index in [0.29, 0.717) is 39.6 Å². The Hall–Kier alpha value is -0.517. The van der Waals surface area contributed by atoms with E-state index in [2.05, 4.69) is 85.0 Å². The number of hydrogen-bond donors (Lipinski definition) is 2. The monoisotopic (exact) mass is 762 g/mol. The van der Waals surface area contributed by atoms with Crippen molar-refractivity contribution in [3.8, 4) is 0 Å². The van der Waals surface area contributed by atoms with Gasteiger partial charge in [-0.25, -0.2) is 0 Å². The van der Waals surface area contributed by atoms with E-state index in [9.17, 15) is 0 Å². The predicted octanol–water partition coefficient (Wildman–Crippen LogP) is 0.550. The van der Waals surface area contributed by atoms with E-state index in [1.807, 2.05) is 0 Å². The Morgan fingerprint density at radius 3 is 0.780 bits per heavy atom. The summed E-state index contributed by atoms with van der Waals surface area (Å²) in [4.78, 5) is 2.88. The van der Waals surface area contributed by atoms with Crippen LogP contribution >= 0.6 is 0 Å². The third kappa shape index (κ3) is 20.7. The first-order valence-corrected chi connectivity index (χ1v) is 18.2. The normalized spacial score (nSPS) is 23.4. The largest absolute Gasteiger partial charge is 1.00 e. The van der Waals surface area contributed by atoms with Gasteiger partial charge >= 0.3 is 51.4 Å². The second-order valence-corrected chi connectivity index (χ2v) is 12.3. The first-order valence-electron chi connectivity index (χ1n) is 18.2. The summed E-state index contributed by atoms with van der Waals surface area (Å²) in [6.07, 6.45) is 14.0. The molecule has 0 aromatic heterocycles. The molecule has 1 radical (unpaired) electrons. The third-order valence-corrected chi connectivity index (χ3v) is 8.66. The molecule has 0 saturated carbocycles. The maximum Gasteiger partial charge on any atom is 1.00 e. The standard InChI is InChI=1S/C18H36N2O6.C14H10.C8H12.Co.K/c1-7-21-13-14-24-10-4-20-5-11-25-17-15-22-8-2-19(1)3-9-23-16-18-26-12-6-20;1-2-6-12-10-14-8-4-3-7-13(14)9-11(12)5-1;1-2-4-6-8-7-5-3-1;;/h1-18H2;1-10H;1-2,7-8H,3-6H2;;/q;;;;+1/p+2/b;;2-1-,8-7-;;. The predicted molar refractivity (Wildman–Crippen MR) is 194 cm³/mol. The van der Waals surface area contributed by atoms with Gasteiger partial charge in [0.05, 0.1) is 79.3 Å². The summed E-state index contributed by atoms with van der Waals surface area (Å²) >= 11 is 0. The van der Waals surface area contributed by atoms with E-state index in [4.69, 9.17) is 28.4 Å².